The summed E-state index contributed by atoms with van der Waals surface area (Å²) in [6, 6.07) is 9.89. The molecule has 2 aliphatic heterocycles. The number of nitrogens with zero attached hydrogens (tertiary/aromatic N) is 2. The van der Waals surface area contributed by atoms with Gasteiger partial charge in [0.25, 0.3) is 17.7 Å². The number of likely N-dealkylation sites (N-methyl/N-ethyl adjacent to an activating group) is 1. The van der Waals surface area contributed by atoms with Gasteiger partial charge in [-0.3, -0.25) is 14.4 Å². The van der Waals surface area contributed by atoms with Crippen LogP contribution in [0.2, 0.25) is 10.0 Å². The lowest BCUT2D eigenvalue weighted by Crippen LogP contribution is -2.55. The lowest BCUT2D eigenvalue weighted by Gasteiger charge is -2.34. The Morgan fingerprint density at radius 2 is 1.59 bits per heavy atom. The molecule has 3 amide bonds. The largest absolute Gasteiger partial charge is 0.480 e. The first-order valence-electron chi connectivity index (χ1n) is 12.2. The van der Waals surface area contributed by atoms with Crippen molar-refractivity contribution in [1.82, 2.24) is 15.1 Å². The SMILES string of the molecule is CN1CCN(C(=O)[C@@H]2OCO[C@H]2C(=O)NC(Cc2ccc(NC(=O)c3c(Cl)cccc3Cl)cc2)C(=O)O)CC1. The van der Waals surface area contributed by atoms with Gasteiger partial charge in [-0.25, -0.2) is 4.79 Å². The number of rotatable bonds is 8. The van der Waals surface area contributed by atoms with E-state index in [1.165, 1.54) is 0 Å². The number of anilines is 1. The van der Waals surface area contributed by atoms with Crippen molar-refractivity contribution in [3.8, 4) is 0 Å². The molecule has 3 N–H and O–H groups in total. The Kier molecular flexibility index (Phi) is 9.41. The van der Waals surface area contributed by atoms with E-state index in [0.29, 0.717) is 37.4 Å². The van der Waals surface area contributed by atoms with Crippen molar-refractivity contribution in [3.63, 3.8) is 0 Å². The smallest absolute Gasteiger partial charge is 0.326 e. The van der Waals surface area contributed by atoms with Gasteiger partial charge in [0.2, 0.25) is 0 Å². The number of hydrogen-bond donors (Lipinski definition) is 3. The highest BCUT2D eigenvalue weighted by atomic mass is 35.5. The van der Waals surface area contributed by atoms with Gasteiger partial charge in [-0.15, -0.1) is 0 Å². The van der Waals surface area contributed by atoms with E-state index in [1.807, 2.05) is 7.05 Å². The number of amides is 3. The van der Waals surface area contributed by atoms with Gasteiger partial charge in [-0.2, -0.15) is 0 Å². The zero-order valence-electron chi connectivity index (χ0n) is 21.1. The topological polar surface area (TPSA) is 138 Å². The van der Waals surface area contributed by atoms with Gasteiger partial charge in [0.15, 0.2) is 12.2 Å². The summed E-state index contributed by atoms with van der Waals surface area (Å²) in [6.45, 7) is 2.17. The van der Waals surface area contributed by atoms with Crippen LogP contribution in [-0.2, 0) is 30.3 Å². The van der Waals surface area contributed by atoms with Crippen LogP contribution in [0.5, 0.6) is 0 Å². The van der Waals surface area contributed by atoms with Crippen molar-refractivity contribution in [2.45, 2.75) is 24.7 Å². The van der Waals surface area contributed by atoms with Crippen LogP contribution in [0.25, 0.3) is 0 Å². The molecule has 0 bridgehead atoms. The van der Waals surface area contributed by atoms with E-state index in [0.717, 1.165) is 0 Å². The zero-order chi connectivity index (χ0) is 28.1. The van der Waals surface area contributed by atoms with Crippen LogP contribution in [0.3, 0.4) is 0 Å². The van der Waals surface area contributed by atoms with Crippen LogP contribution in [0.1, 0.15) is 15.9 Å². The number of carboxylic acids is 1. The number of piperazine rings is 1. The third-order valence-corrected chi connectivity index (χ3v) is 7.17. The number of benzene rings is 2. The van der Waals surface area contributed by atoms with E-state index in [1.54, 1.807) is 47.4 Å². The minimum atomic E-state index is -1.29. The Morgan fingerprint density at radius 3 is 2.21 bits per heavy atom. The molecule has 0 aliphatic carbocycles. The van der Waals surface area contributed by atoms with Crippen LogP contribution in [0.4, 0.5) is 5.69 Å². The first-order valence-corrected chi connectivity index (χ1v) is 13.0. The highest BCUT2D eigenvalue weighted by Crippen LogP contribution is 2.25. The van der Waals surface area contributed by atoms with Gasteiger partial charge in [0.05, 0.1) is 15.6 Å². The van der Waals surface area contributed by atoms with E-state index in [-0.39, 0.29) is 34.7 Å². The van der Waals surface area contributed by atoms with Gasteiger partial charge < -0.3 is 35.0 Å². The monoisotopic (exact) mass is 578 g/mol. The summed E-state index contributed by atoms with van der Waals surface area (Å²) in [5.74, 6) is -2.85. The Bertz CT molecular complexity index is 1220. The predicted molar refractivity (Wildman–Crippen MR) is 143 cm³/mol. The standard InChI is InChI=1S/C26H28Cl2N4O7/c1-31-9-11-32(12-10-31)25(35)22-21(38-14-39-22)24(34)30-19(26(36)37)13-15-5-7-16(8-6-15)29-23(33)20-17(27)3-2-4-18(20)28/h2-8,19,21-22H,9-14H2,1H3,(H,29,33)(H,30,34)(H,36,37)/t19?,21-,22-/m1/s1. The maximum atomic E-state index is 12.9. The number of aliphatic carboxylic acids is 1. The third-order valence-electron chi connectivity index (χ3n) is 6.54. The number of carbonyl (C=O) groups is 4. The minimum absolute atomic E-state index is 0.0453. The van der Waals surface area contributed by atoms with Crippen LogP contribution >= 0.6 is 23.2 Å². The molecule has 39 heavy (non-hydrogen) atoms. The average molecular weight is 579 g/mol. The fourth-order valence-electron chi connectivity index (χ4n) is 4.30. The van der Waals surface area contributed by atoms with Crippen molar-refractivity contribution in [2.24, 2.45) is 0 Å². The molecular formula is C26H28Cl2N4O7. The highest BCUT2D eigenvalue weighted by Gasteiger charge is 2.43. The van der Waals surface area contributed by atoms with Gasteiger partial charge in [-0.05, 0) is 36.9 Å². The predicted octanol–water partition coefficient (Wildman–Crippen LogP) is 1.87. The minimum Gasteiger partial charge on any atom is -0.480 e. The molecule has 11 nitrogen and oxygen atoms in total. The van der Waals surface area contributed by atoms with Crippen molar-refractivity contribution in [3.05, 3.63) is 63.6 Å². The van der Waals surface area contributed by atoms with Crippen molar-refractivity contribution >= 4 is 52.6 Å². The number of ether oxygens (including phenoxy) is 2. The number of carbonyl (C=O) groups excluding carboxylic acids is 3. The summed E-state index contributed by atoms with van der Waals surface area (Å²) < 4.78 is 10.7. The molecule has 0 radical (unpaired) electrons. The van der Waals surface area contributed by atoms with Gasteiger partial charge >= 0.3 is 5.97 Å². The molecule has 0 saturated carbocycles. The molecule has 2 aliphatic rings. The van der Waals surface area contributed by atoms with E-state index in [4.69, 9.17) is 32.7 Å². The van der Waals surface area contributed by atoms with E-state index >= 15 is 0 Å². The van der Waals surface area contributed by atoms with Crippen molar-refractivity contribution < 1.29 is 33.8 Å². The molecule has 208 valence electrons. The Morgan fingerprint density at radius 1 is 0.974 bits per heavy atom. The maximum absolute atomic E-state index is 12.9. The number of carboxylic acid groups (broad SMARTS) is 1. The summed E-state index contributed by atoms with van der Waals surface area (Å²) in [6.07, 6.45) is -2.44. The molecule has 0 aromatic heterocycles. The summed E-state index contributed by atoms with van der Waals surface area (Å²) >= 11 is 12.2. The van der Waals surface area contributed by atoms with Gasteiger partial charge in [-0.1, -0.05) is 41.4 Å². The molecule has 3 atom stereocenters. The zero-order valence-corrected chi connectivity index (χ0v) is 22.6. The van der Waals surface area contributed by atoms with Gasteiger partial charge in [0, 0.05) is 38.3 Å². The van der Waals surface area contributed by atoms with Crippen molar-refractivity contribution in [2.75, 3.05) is 45.3 Å². The summed E-state index contributed by atoms with van der Waals surface area (Å²) in [7, 11) is 1.96. The van der Waals surface area contributed by atoms with Crippen molar-refractivity contribution in [1.29, 1.82) is 0 Å². The van der Waals surface area contributed by atoms with Crippen LogP contribution < -0.4 is 10.6 Å². The molecule has 1 unspecified atom stereocenters. The average Bonchev–Trinajstić information content (AvgIpc) is 3.39. The second kappa shape index (κ2) is 12.8. The normalized spacial score (nSPS) is 20.3. The molecule has 2 saturated heterocycles. The Balaban J connectivity index is 1.36. The van der Waals surface area contributed by atoms with E-state index < -0.39 is 36.0 Å². The lowest BCUT2D eigenvalue weighted by molar-refractivity contribution is -0.147. The molecule has 0 spiro atoms. The fraction of sp³-hybridized carbons (Fsp3) is 0.385. The van der Waals surface area contributed by atoms with E-state index in [2.05, 4.69) is 15.5 Å². The molecule has 2 aromatic rings. The quantitative estimate of drug-likeness (QED) is 0.431. The third kappa shape index (κ3) is 7.06. The Hall–Kier alpha value is -3.22. The maximum Gasteiger partial charge on any atom is 0.326 e. The number of nitrogens with one attached hydrogen (secondary N) is 2. The molecule has 2 heterocycles. The number of hydrogen-bond acceptors (Lipinski definition) is 7. The van der Waals surface area contributed by atoms with E-state index in [9.17, 15) is 24.3 Å². The molecule has 2 aromatic carbocycles. The molecule has 4 rings (SSSR count). The first kappa shape index (κ1) is 28.8. The fourth-order valence-corrected chi connectivity index (χ4v) is 4.87. The number of halogens is 2. The highest BCUT2D eigenvalue weighted by molar-refractivity contribution is 6.40. The van der Waals surface area contributed by atoms with Crippen LogP contribution in [0, 0.1) is 0 Å². The second-order valence-corrected chi connectivity index (χ2v) is 10.1. The summed E-state index contributed by atoms with van der Waals surface area (Å²) in [4.78, 5) is 54.1. The molecule has 13 heteroatoms. The van der Waals surface area contributed by atoms with Crippen LogP contribution in [0.15, 0.2) is 42.5 Å². The first-order chi connectivity index (χ1) is 18.6. The molecular weight excluding hydrogens is 551 g/mol. The summed E-state index contributed by atoms with van der Waals surface area (Å²) in [5.41, 5.74) is 1.17. The van der Waals surface area contributed by atoms with Crippen LogP contribution in [-0.4, -0.2) is 96.9 Å². The van der Waals surface area contributed by atoms with Gasteiger partial charge in [0.1, 0.15) is 12.8 Å². The molecule has 2 fully saturated rings. The lowest BCUT2D eigenvalue weighted by atomic mass is 10.0. The summed E-state index contributed by atoms with van der Waals surface area (Å²) in [5, 5.41) is 15.3. The second-order valence-electron chi connectivity index (χ2n) is 9.27. The Labute approximate surface area is 234 Å².